The zero-order valence-electron chi connectivity index (χ0n) is 16.3. The number of pyridine rings is 2. The van der Waals surface area contributed by atoms with Crippen LogP contribution in [0.1, 0.15) is 34.8 Å². The number of benzene rings is 1. The molecule has 0 radical (unpaired) electrons. The number of carbonyl (C=O) groups is 1. The maximum atomic E-state index is 15.2. The van der Waals surface area contributed by atoms with Crippen LogP contribution in [0.3, 0.4) is 0 Å². The van der Waals surface area contributed by atoms with E-state index in [1.807, 2.05) is 12.1 Å². The number of methoxy groups -OCH3 is 1. The Kier molecular flexibility index (Phi) is 5.03. The van der Waals surface area contributed by atoms with Crippen LogP contribution in [0.5, 0.6) is 5.75 Å². The third kappa shape index (κ3) is 3.32. The standard InChI is InChI=1S/C21H21FN4O4/c1-30-20-17(25-9-6-11-4-7-24-8-5-11)15(22)16(23)14-18(20)26(12-2-3-12)10-13(19(14)27)21(28)29/h4-5,7-8,10,12,25H,2-3,6,9,23H2,1H3,(H,28,29). The molecule has 0 spiro atoms. The molecule has 0 unspecified atom stereocenters. The van der Waals surface area contributed by atoms with Crippen LogP contribution in [0, 0.1) is 5.82 Å². The van der Waals surface area contributed by atoms with Crippen molar-refractivity contribution in [3.05, 3.63) is 57.9 Å². The van der Waals surface area contributed by atoms with Crippen LogP contribution in [-0.4, -0.2) is 34.3 Å². The molecule has 4 rings (SSSR count). The first-order valence-corrected chi connectivity index (χ1v) is 9.53. The Bertz CT molecular complexity index is 1190. The lowest BCUT2D eigenvalue weighted by Crippen LogP contribution is -2.21. The molecule has 2 heterocycles. The molecule has 1 aliphatic carbocycles. The lowest BCUT2D eigenvalue weighted by molar-refractivity contribution is 0.0695. The molecule has 9 heteroatoms. The van der Waals surface area contributed by atoms with Crippen LogP contribution in [0.25, 0.3) is 10.9 Å². The Balaban J connectivity index is 1.86. The van der Waals surface area contributed by atoms with Gasteiger partial charge in [0, 0.05) is 31.2 Å². The summed E-state index contributed by atoms with van der Waals surface area (Å²) in [5.41, 5.74) is 5.72. The number of hydrogen-bond acceptors (Lipinski definition) is 6. The van der Waals surface area contributed by atoms with Crippen molar-refractivity contribution in [2.45, 2.75) is 25.3 Å². The third-order valence-corrected chi connectivity index (χ3v) is 5.24. The highest BCUT2D eigenvalue weighted by Gasteiger charge is 2.31. The second kappa shape index (κ2) is 7.66. The molecule has 1 aromatic carbocycles. The fraction of sp³-hybridized carbons (Fsp3) is 0.286. The van der Waals surface area contributed by atoms with Crippen molar-refractivity contribution in [1.82, 2.24) is 9.55 Å². The summed E-state index contributed by atoms with van der Waals surface area (Å²) in [5.74, 6) is -2.09. The smallest absolute Gasteiger partial charge is 0.341 e. The number of carboxylic acid groups (broad SMARTS) is 1. The Hall–Kier alpha value is -3.62. The van der Waals surface area contributed by atoms with Crippen LogP contribution in [0.4, 0.5) is 15.8 Å². The summed E-state index contributed by atoms with van der Waals surface area (Å²) in [6, 6.07) is 3.74. The van der Waals surface area contributed by atoms with E-state index in [0.717, 1.165) is 18.4 Å². The van der Waals surface area contributed by atoms with Crippen molar-refractivity contribution in [2.24, 2.45) is 0 Å². The highest BCUT2D eigenvalue weighted by molar-refractivity contribution is 6.03. The van der Waals surface area contributed by atoms with Crippen LogP contribution >= 0.6 is 0 Å². The number of rotatable bonds is 7. The molecular formula is C21H21FN4O4. The number of nitrogens with two attached hydrogens (primary N) is 1. The summed E-state index contributed by atoms with van der Waals surface area (Å²) in [4.78, 5) is 28.3. The van der Waals surface area contributed by atoms with Gasteiger partial charge in [0.25, 0.3) is 0 Å². The van der Waals surface area contributed by atoms with Crippen LogP contribution in [0.2, 0.25) is 0 Å². The van der Waals surface area contributed by atoms with E-state index in [2.05, 4.69) is 10.3 Å². The monoisotopic (exact) mass is 412 g/mol. The van der Waals surface area contributed by atoms with Gasteiger partial charge in [0.15, 0.2) is 11.6 Å². The lowest BCUT2D eigenvalue weighted by Gasteiger charge is -2.20. The number of halogens is 1. The average molecular weight is 412 g/mol. The van der Waals surface area contributed by atoms with Gasteiger partial charge in [-0.1, -0.05) is 0 Å². The highest BCUT2D eigenvalue weighted by atomic mass is 19.1. The van der Waals surface area contributed by atoms with Crippen molar-refractivity contribution in [2.75, 3.05) is 24.7 Å². The van der Waals surface area contributed by atoms with Gasteiger partial charge in [0.1, 0.15) is 11.3 Å². The maximum absolute atomic E-state index is 15.2. The van der Waals surface area contributed by atoms with Gasteiger partial charge in [-0.3, -0.25) is 9.78 Å². The predicted octanol–water partition coefficient (Wildman–Crippen LogP) is 2.81. The molecule has 1 saturated carbocycles. The van der Waals surface area contributed by atoms with E-state index < -0.39 is 22.8 Å². The lowest BCUT2D eigenvalue weighted by atomic mass is 10.1. The van der Waals surface area contributed by atoms with Gasteiger partial charge < -0.3 is 25.5 Å². The van der Waals surface area contributed by atoms with Gasteiger partial charge in [0.2, 0.25) is 5.43 Å². The Labute approximate surface area is 171 Å². The van der Waals surface area contributed by atoms with E-state index in [-0.39, 0.29) is 28.6 Å². The number of carboxylic acids is 1. The number of anilines is 2. The molecule has 3 aromatic rings. The molecule has 30 heavy (non-hydrogen) atoms. The molecule has 156 valence electrons. The first-order chi connectivity index (χ1) is 14.4. The van der Waals surface area contributed by atoms with E-state index in [0.29, 0.717) is 18.5 Å². The second-order valence-corrected chi connectivity index (χ2v) is 7.21. The van der Waals surface area contributed by atoms with Gasteiger partial charge in [-0.05, 0) is 37.0 Å². The number of ether oxygens (including phenoxy) is 1. The third-order valence-electron chi connectivity index (χ3n) is 5.24. The molecule has 4 N–H and O–H groups in total. The minimum Gasteiger partial charge on any atom is -0.492 e. The van der Waals surface area contributed by atoms with E-state index >= 15 is 4.39 Å². The maximum Gasteiger partial charge on any atom is 0.341 e. The SMILES string of the molecule is COc1c(NCCc2ccncc2)c(F)c(N)c2c(=O)c(C(=O)O)cn(C3CC3)c12. The minimum absolute atomic E-state index is 0.00892. The van der Waals surface area contributed by atoms with Crippen LogP contribution < -0.4 is 21.2 Å². The quantitative estimate of drug-likeness (QED) is 0.511. The Morgan fingerprint density at radius 3 is 2.70 bits per heavy atom. The Morgan fingerprint density at radius 1 is 1.40 bits per heavy atom. The van der Waals surface area contributed by atoms with E-state index in [4.69, 9.17) is 10.5 Å². The van der Waals surface area contributed by atoms with Gasteiger partial charge >= 0.3 is 5.97 Å². The van der Waals surface area contributed by atoms with Crippen molar-refractivity contribution < 1.29 is 19.0 Å². The first-order valence-electron chi connectivity index (χ1n) is 9.53. The number of aromatic carboxylic acids is 1. The van der Waals surface area contributed by atoms with Crippen molar-refractivity contribution in [3.63, 3.8) is 0 Å². The number of nitrogen functional groups attached to an aromatic ring is 1. The summed E-state index contributed by atoms with van der Waals surface area (Å²) in [5, 5.41) is 12.3. The molecule has 8 nitrogen and oxygen atoms in total. The molecular weight excluding hydrogens is 391 g/mol. The van der Waals surface area contributed by atoms with Crippen molar-refractivity contribution in [1.29, 1.82) is 0 Å². The predicted molar refractivity (Wildman–Crippen MR) is 111 cm³/mol. The number of nitrogens with zero attached hydrogens (tertiary/aromatic N) is 2. The second-order valence-electron chi connectivity index (χ2n) is 7.21. The highest BCUT2D eigenvalue weighted by Crippen LogP contribution is 2.44. The van der Waals surface area contributed by atoms with Gasteiger partial charge in [0.05, 0.1) is 23.7 Å². The first kappa shape index (κ1) is 19.7. The van der Waals surface area contributed by atoms with Crippen LogP contribution in [0.15, 0.2) is 35.5 Å². The van der Waals surface area contributed by atoms with Gasteiger partial charge in [-0.25, -0.2) is 9.18 Å². The normalized spacial score (nSPS) is 13.4. The topological polar surface area (TPSA) is 119 Å². The molecule has 2 aromatic heterocycles. The summed E-state index contributed by atoms with van der Waals surface area (Å²) < 4.78 is 22.4. The van der Waals surface area contributed by atoms with Gasteiger partial charge in [-0.2, -0.15) is 0 Å². The number of fused-ring (bicyclic) bond motifs is 1. The summed E-state index contributed by atoms with van der Waals surface area (Å²) in [7, 11) is 1.38. The molecule has 0 amide bonds. The Morgan fingerprint density at radius 2 is 2.10 bits per heavy atom. The molecule has 0 atom stereocenters. The van der Waals surface area contributed by atoms with Crippen LogP contribution in [-0.2, 0) is 6.42 Å². The number of nitrogens with one attached hydrogen (secondary N) is 1. The fourth-order valence-electron chi connectivity index (χ4n) is 3.61. The van der Waals surface area contributed by atoms with E-state index in [1.165, 1.54) is 13.3 Å². The molecule has 0 saturated heterocycles. The van der Waals surface area contributed by atoms with Crippen molar-refractivity contribution in [3.8, 4) is 5.75 Å². The largest absolute Gasteiger partial charge is 0.492 e. The summed E-state index contributed by atoms with van der Waals surface area (Å²) >= 11 is 0. The van der Waals surface area contributed by atoms with Gasteiger partial charge in [-0.15, -0.1) is 0 Å². The average Bonchev–Trinajstić information content (AvgIpc) is 3.57. The van der Waals surface area contributed by atoms with Crippen molar-refractivity contribution >= 4 is 28.2 Å². The fourth-order valence-corrected chi connectivity index (χ4v) is 3.61. The zero-order valence-corrected chi connectivity index (χ0v) is 16.3. The van der Waals surface area contributed by atoms with E-state index in [1.54, 1.807) is 17.0 Å². The summed E-state index contributed by atoms with van der Waals surface area (Å²) in [6.45, 7) is 0.392. The minimum atomic E-state index is -1.38. The molecule has 0 aliphatic heterocycles. The number of hydrogen-bond donors (Lipinski definition) is 3. The zero-order chi connectivity index (χ0) is 21.4. The number of aromatic nitrogens is 2. The van der Waals surface area contributed by atoms with E-state index in [9.17, 15) is 14.7 Å². The summed E-state index contributed by atoms with van der Waals surface area (Å²) in [6.07, 6.45) is 6.91. The molecule has 0 bridgehead atoms. The molecule has 1 fully saturated rings. The molecule has 1 aliphatic rings.